The van der Waals surface area contributed by atoms with E-state index in [1.807, 2.05) is 36.5 Å². The first-order valence-electron chi connectivity index (χ1n) is 7.03. The first-order chi connectivity index (χ1) is 11.6. The second-order valence-electron chi connectivity index (χ2n) is 4.91. The van der Waals surface area contributed by atoms with Crippen molar-refractivity contribution in [2.24, 2.45) is 5.10 Å². The number of hydrogen-bond donors (Lipinski definition) is 1. The molecule has 2 aromatic carbocycles. The monoisotopic (exact) mass is 339 g/mol. The van der Waals surface area contributed by atoms with Gasteiger partial charge < -0.3 is 9.90 Å². The van der Waals surface area contributed by atoms with E-state index in [2.05, 4.69) is 15.6 Å². The third-order valence-corrected chi connectivity index (χ3v) is 3.55. The summed E-state index contributed by atoms with van der Waals surface area (Å²) in [5.41, 5.74) is 4.83. The van der Waals surface area contributed by atoms with E-state index in [1.54, 1.807) is 17.1 Å². The Bertz CT molecular complexity index is 891. The number of rotatable bonds is 5. The Morgan fingerprint density at radius 1 is 1.25 bits per heavy atom. The largest absolute Gasteiger partial charge is 0.545 e. The molecule has 3 aromatic rings. The van der Waals surface area contributed by atoms with Gasteiger partial charge in [0.25, 0.3) is 0 Å². The van der Waals surface area contributed by atoms with E-state index < -0.39 is 5.97 Å². The Kier molecular flexibility index (Phi) is 4.58. The highest BCUT2D eigenvalue weighted by Crippen LogP contribution is 2.22. The maximum Gasteiger partial charge on any atom is 0.0754 e. The first-order valence-corrected chi connectivity index (χ1v) is 7.41. The van der Waals surface area contributed by atoms with E-state index in [4.69, 9.17) is 11.6 Å². The predicted octanol–water partition coefficient (Wildman–Crippen LogP) is 2.34. The van der Waals surface area contributed by atoms with Crippen LogP contribution in [0.15, 0.2) is 66.0 Å². The van der Waals surface area contributed by atoms with Crippen molar-refractivity contribution in [3.63, 3.8) is 0 Å². The van der Waals surface area contributed by atoms with E-state index in [9.17, 15) is 9.90 Å². The molecule has 1 N–H and O–H groups in total. The molecule has 1 heterocycles. The van der Waals surface area contributed by atoms with Gasteiger partial charge in [-0.15, -0.1) is 0 Å². The molecule has 0 spiro atoms. The van der Waals surface area contributed by atoms with E-state index in [-0.39, 0.29) is 5.56 Å². The average Bonchev–Trinajstić information content (AvgIpc) is 3.06. The van der Waals surface area contributed by atoms with Gasteiger partial charge in [-0.1, -0.05) is 35.9 Å². The van der Waals surface area contributed by atoms with Crippen LogP contribution in [-0.4, -0.2) is 22.0 Å². The topological polar surface area (TPSA) is 82.3 Å². The second-order valence-corrected chi connectivity index (χ2v) is 5.31. The highest BCUT2D eigenvalue weighted by molar-refractivity contribution is 6.33. The van der Waals surface area contributed by atoms with Crippen molar-refractivity contribution in [3.05, 3.63) is 77.1 Å². The Morgan fingerprint density at radius 2 is 2.04 bits per heavy atom. The van der Waals surface area contributed by atoms with E-state index in [0.717, 1.165) is 11.3 Å². The van der Waals surface area contributed by atoms with E-state index in [1.165, 1.54) is 18.2 Å². The first kappa shape index (κ1) is 15.8. The number of halogens is 1. The van der Waals surface area contributed by atoms with Crippen LogP contribution in [0.4, 0.5) is 5.69 Å². The lowest BCUT2D eigenvalue weighted by molar-refractivity contribution is -0.255. The summed E-state index contributed by atoms with van der Waals surface area (Å²) in [5.74, 6) is -1.28. The fourth-order valence-corrected chi connectivity index (χ4v) is 2.20. The minimum atomic E-state index is -1.28. The predicted molar refractivity (Wildman–Crippen MR) is 90.6 cm³/mol. The molecule has 3 rings (SSSR count). The van der Waals surface area contributed by atoms with Gasteiger partial charge in [0.1, 0.15) is 0 Å². The lowest BCUT2D eigenvalue weighted by Gasteiger charge is -2.07. The zero-order valence-corrected chi connectivity index (χ0v) is 13.1. The third-order valence-electron chi connectivity index (χ3n) is 3.22. The van der Waals surface area contributed by atoms with Gasteiger partial charge in [0.2, 0.25) is 0 Å². The fraction of sp³-hybridized carbons (Fsp3) is 0. The highest BCUT2D eigenvalue weighted by Gasteiger charge is 2.02. The van der Waals surface area contributed by atoms with Gasteiger partial charge in [0, 0.05) is 11.8 Å². The van der Waals surface area contributed by atoms with Gasteiger partial charge in [0.15, 0.2) is 0 Å². The molecule has 0 bridgehead atoms. The molecule has 0 radical (unpaired) electrons. The lowest BCUT2D eigenvalue weighted by atomic mass is 10.2. The smallest absolute Gasteiger partial charge is 0.0754 e. The second kappa shape index (κ2) is 6.97. The number of para-hydroxylation sites is 1. The molecular formula is C17H12ClN4O2-. The molecule has 120 valence electrons. The molecule has 1 aromatic heterocycles. The molecular weight excluding hydrogens is 328 g/mol. The van der Waals surface area contributed by atoms with Crippen LogP contribution in [0.2, 0.25) is 5.02 Å². The number of carbonyl (C=O) groups is 1. The molecule has 0 fully saturated rings. The number of hydrogen-bond acceptors (Lipinski definition) is 5. The quantitative estimate of drug-likeness (QED) is 0.571. The van der Waals surface area contributed by atoms with E-state index >= 15 is 0 Å². The van der Waals surface area contributed by atoms with Crippen molar-refractivity contribution in [2.45, 2.75) is 0 Å². The Labute approximate surface area is 143 Å². The standard InChI is InChI=1S/C17H13ClN4O2/c18-15-7-6-13(17(23)24)8-16(15)21-19-9-12-10-20-22(11-12)14-4-2-1-3-5-14/h1-11,21H,(H,23,24)/p-1/b19-9-. The maximum absolute atomic E-state index is 10.9. The Hall–Kier alpha value is -3.12. The van der Waals surface area contributed by atoms with Gasteiger partial charge >= 0.3 is 0 Å². The molecule has 6 nitrogen and oxygen atoms in total. The zero-order valence-electron chi connectivity index (χ0n) is 12.4. The summed E-state index contributed by atoms with van der Waals surface area (Å²) in [5, 5.41) is 19.5. The number of nitrogens with one attached hydrogen (secondary N) is 1. The number of carbonyl (C=O) groups excluding carboxylic acids is 1. The molecule has 0 amide bonds. The summed E-state index contributed by atoms with van der Waals surface area (Å²) in [4.78, 5) is 10.9. The van der Waals surface area contributed by atoms with Gasteiger partial charge in [-0.25, -0.2) is 4.68 Å². The van der Waals surface area contributed by atoms with Crippen LogP contribution in [0.3, 0.4) is 0 Å². The molecule has 0 unspecified atom stereocenters. The minimum absolute atomic E-state index is 0.0222. The van der Waals surface area contributed by atoms with Crippen molar-refractivity contribution in [1.82, 2.24) is 9.78 Å². The SMILES string of the molecule is O=C([O-])c1ccc(Cl)c(N/N=C\c2cnn(-c3ccccc3)c2)c1. The molecule has 0 aliphatic heterocycles. The normalized spacial score (nSPS) is 10.9. The highest BCUT2D eigenvalue weighted by atomic mass is 35.5. The van der Waals surface area contributed by atoms with Crippen LogP contribution >= 0.6 is 11.6 Å². The molecule has 24 heavy (non-hydrogen) atoms. The molecule has 0 saturated carbocycles. The zero-order chi connectivity index (χ0) is 16.9. The van der Waals surface area contributed by atoms with Gasteiger partial charge in [0.05, 0.1) is 34.8 Å². The number of carboxylic acids is 1. The van der Waals surface area contributed by atoms with Crippen molar-refractivity contribution in [3.8, 4) is 5.69 Å². The van der Waals surface area contributed by atoms with Crippen LogP contribution in [0.1, 0.15) is 15.9 Å². The lowest BCUT2D eigenvalue weighted by Crippen LogP contribution is -2.22. The van der Waals surface area contributed by atoms with Crippen LogP contribution < -0.4 is 10.5 Å². The number of anilines is 1. The molecule has 0 saturated heterocycles. The molecule has 0 aliphatic rings. The maximum atomic E-state index is 10.9. The number of carboxylic acid groups (broad SMARTS) is 1. The molecule has 0 atom stereocenters. The molecule has 0 aliphatic carbocycles. The van der Waals surface area contributed by atoms with Gasteiger partial charge in [-0.05, 0) is 29.8 Å². The summed E-state index contributed by atoms with van der Waals surface area (Å²) in [6.07, 6.45) is 5.05. The summed E-state index contributed by atoms with van der Waals surface area (Å²) >= 11 is 6.00. The van der Waals surface area contributed by atoms with Crippen molar-refractivity contribution < 1.29 is 9.90 Å². The van der Waals surface area contributed by atoms with Crippen molar-refractivity contribution in [1.29, 1.82) is 0 Å². The number of aromatic carboxylic acids is 1. The van der Waals surface area contributed by atoms with Gasteiger partial charge in [-0.2, -0.15) is 10.2 Å². The summed E-state index contributed by atoms with van der Waals surface area (Å²) in [6, 6.07) is 13.9. The fourth-order valence-electron chi connectivity index (χ4n) is 2.04. The summed E-state index contributed by atoms with van der Waals surface area (Å²) < 4.78 is 1.73. The summed E-state index contributed by atoms with van der Waals surface area (Å²) in [7, 11) is 0. The summed E-state index contributed by atoms with van der Waals surface area (Å²) in [6.45, 7) is 0. The van der Waals surface area contributed by atoms with Gasteiger partial charge in [-0.3, -0.25) is 5.43 Å². The average molecular weight is 340 g/mol. The van der Waals surface area contributed by atoms with Crippen LogP contribution in [0.25, 0.3) is 5.69 Å². The van der Waals surface area contributed by atoms with Crippen LogP contribution in [0.5, 0.6) is 0 Å². The number of aromatic nitrogens is 2. The van der Waals surface area contributed by atoms with E-state index in [0.29, 0.717) is 10.7 Å². The van der Waals surface area contributed by atoms with Crippen LogP contribution in [0, 0.1) is 0 Å². The van der Waals surface area contributed by atoms with Crippen molar-refractivity contribution in [2.75, 3.05) is 5.43 Å². The number of benzene rings is 2. The number of hydrazone groups is 1. The minimum Gasteiger partial charge on any atom is -0.545 e. The Morgan fingerprint density at radius 3 is 2.79 bits per heavy atom. The van der Waals surface area contributed by atoms with Crippen molar-refractivity contribution >= 4 is 29.5 Å². The van der Waals surface area contributed by atoms with Crippen LogP contribution in [-0.2, 0) is 0 Å². The Balaban J connectivity index is 1.72. The number of nitrogens with zero attached hydrogens (tertiary/aromatic N) is 3. The third kappa shape index (κ3) is 3.61. The molecule has 7 heteroatoms.